The summed E-state index contributed by atoms with van der Waals surface area (Å²) < 4.78 is 30.1. The zero-order chi connectivity index (χ0) is 20.6. The number of ketones is 1. The molecular formula is C20H16N4O3S2. The minimum absolute atomic E-state index is 0.141. The highest BCUT2D eigenvalue weighted by atomic mass is 32.2. The van der Waals surface area contributed by atoms with Gasteiger partial charge in [0.25, 0.3) is 10.0 Å². The van der Waals surface area contributed by atoms with Crippen molar-refractivity contribution >= 4 is 33.3 Å². The van der Waals surface area contributed by atoms with Crippen LogP contribution in [0.2, 0.25) is 0 Å². The van der Waals surface area contributed by atoms with Gasteiger partial charge in [-0.25, -0.2) is 4.98 Å². The zero-order valence-corrected chi connectivity index (χ0v) is 17.2. The third-order valence-corrected chi connectivity index (χ3v) is 6.73. The number of Topliss-reactive ketones (excluding diaryl/α,β-unsaturated/α-hetero) is 1. The number of nitrogens with zero attached hydrogens (tertiary/aromatic N) is 3. The van der Waals surface area contributed by atoms with Gasteiger partial charge < -0.3 is 0 Å². The molecule has 1 aromatic heterocycles. The van der Waals surface area contributed by atoms with E-state index in [2.05, 4.69) is 19.6 Å². The van der Waals surface area contributed by atoms with Crippen LogP contribution in [0.25, 0.3) is 0 Å². The van der Waals surface area contributed by atoms with Gasteiger partial charge in [0, 0.05) is 11.1 Å². The lowest BCUT2D eigenvalue weighted by Gasteiger charge is -2.16. The Morgan fingerprint density at radius 1 is 1.07 bits per heavy atom. The summed E-state index contributed by atoms with van der Waals surface area (Å²) in [6.45, 7) is 3.63. The van der Waals surface area contributed by atoms with E-state index in [1.807, 2.05) is 6.92 Å². The van der Waals surface area contributed by atoms with Crippen LogP contribution in [-0.4, -0.2) is 35.1 Å². The molecule has 4 rings (SSSR count). The maximum atomic E-state index is 13.0. The lowest BCUT2D eigenvalue weighted by molar-refractivity contribution is 0.104. The second-order valence-electron chi connectivity index (χ2n) is 6.50. The van der Waals surface area contributed by atoms with Crippen molar-refractivity contribution in [1.82, 2.24) is 15.2 Å². The van der Waals surface area contributed by atoms with Crippen LogP contribution in [0.4, 0.5) is 0 Å². The minimum atomic E-state index is -3.97. The van der Waals surface area contributed by atoms with Crippen molar-refractivity contribution < 1.29 is 13.2 Å². The first-order valence-corrected chi connectivity index (χ1v) is 10.9. The first-order chi connectivity index (χ1) is 13.8. The molecule has 3 aromatic rings. The van der Waals surface area contributed by atoms with Crippen molar-refractivity contribution in [3.63, 3.8) is 0 Å². The summed E-state index contributed by atoms with van der Waals surface area (Å²) >= 11 is 1.08. The third kappa shape index (κ3) is 3.79. The van der Waals surface area contributed by atoms with E-state index in [-0.39, 0.29) is 16.4 Å². The molecule has 0 saturated carbocycles. The zero-order valence-electron chi connectivity index (χ0n) is 15.6. The molecule has 0 unspecified atom stereocenters. The number of hydrogen-bond acceptors (Lipinski definition) is 6. The molecule has 0 spiro atoms. The number of carbonyl (C=O) groups is 1. The van der Waals surface area contributed by atoms with Gasteiger partial charge in [-0.3, -0.25) is 9.89 Å². The molecule has 0 saturated heterocycles. The van der Waals surface area contributed by atoms with Crippen LogP contribution >= 0.6 is 11.8 Å². The van der Waals surface area contributed by atoms with Gasteiger partial charge >= 0.3 is 0 Å². The van der Waals surface area contributed by atoms with Crippen LogP contribution in [0.1, 0.15) is 27.0 Å². The molecule has 0 aliphatic heterocycles. The van der Waals surface area contributed by atoms with Gasteiger partial charge in [-0.05, 0) is 43.3 Å². The third-order valence-electron chi connectivity index (χ3n) is 4.37. The van der Waals surface area contributed by atoms with Crippen LogP contribution in [-0.2, 0) is 10.0 Å². The van der Waals surface area contributed by atoms with Gasteiger partial charge in [-0.1, -0.05) is 42.0 Å². The van der Waals surface area contributed by atoms with Crippen LogP contribution in [0.5, 0.6) is 0 Å². The molecule has 7 nitrogen and oxygen atoms in total. The predicted molar refractivity (Wildman–Crippen MR) is 111 cm³/mol. The number of sulfonamides is 1. The second-order valence-corrected chi connectivity index (χ2v) is 9.10. The highest BCUT2D eigenvalue weighted by Gasteiger charge is 2.27. The number of thioether (sulfide) groups is 1. The fourth-order valence-electron chi connectivity index (χ4n) is 3.07. The number of rotatable bonds is 4. The molecule has 29 heavy (non-hydrogen) atoms. The highest BCUT2D eigenvalue weighted by molar-refractivity contribution is 8.04. The van der Waals surface area contributed by atoms with Crippen molar-refractivity contribution in [3.8, 4) is 0 Å². The minimum Gasteiger partial charge on any atom is -0.288 e. The van der Waals surface area contributed by atoms with Crippen LogP contribution in [0.15, 0.2) is 74.2 Å². The van der Waals surface area contributed by atoms with Gasteiger partial charge in [-0.2, -0.15) is 17.9 Å². The lowest BCUT2D eigenvalue weighted by atomic mass is 9.94. The maximum absolute atomic E-state index is 13.0. The van der Waals surface area contributed by atoms with Crippen LogP contribution < -0.4 is 0 Å². The number of carbonyl (C=O) groups excluding carboxylic acids is 1. The van der Waals surface area contributed by atoms with E-state index in [0.29, 0.717) is 26.8 Å². The average Bonchev–Trinajstić information content (AvgIpc) is 3.18. The van der Waals surface area contributed by atoms with Crippen LogP contribution in [0, 0.1) is 13.8 Å². The lowest BCUT2D eigenvalue weighted by Crippen LogP contribution is -2.17. The van der Waals surface area contributed by atoms with Gasteiger partial charge in [-0.15, -0.1) is 0 Å². The van der Waals surface area contributed by atoms with Gasteiger partial charge in [0.05, 0.1) is 15.5 Å². The Labute approximate surface area is 172 Å². The number of nitrogens with one attached hydrogen (secondary N) is 1. The van der Waals surface area contributed by atoms with E-state index in [1.165, 1.54) is 12.4 Å². The SMILES string of the molecule is Cc1ccc(S(=O)(=O)/N=C2\C=C(Sc3ncn[nH]3)C(=O)c3ccccc32)c(C)c1. The summed E-state index contributed by atoms with van der Waals surface area (Å²) in [4.78, 5) is 17.3. The van der Waals surface area contributed by atoms with E-state index in [0.717, 1.165) is 17.3 Å². The van der Waals surface area contributed by atoms with Crippen molar-refractivity contribution in [2.24, 2.45) is 4.40 Å². The molecule has 146 valence electrons. The van der Waals surface area contributed by atoms with Crippen molar-refractivity contribution in [2.45, 2.75) is 23.9 Å². The molecule has 0 fully saturated rings. The molecule has 1 aliphatic carbocycles. The molecule has 9 heteroatoms. The first kappa shape index (κ1) is 19.3. The Kier molecular flexibility index (Phi) is 4.93. The highest BCUT2D eigenvalue weighted by Crippen LogP contribution is 2.32. The maximum Gasteiger partial charge on any atom is 0.283 e. The molecular weight excluding hydrogens is 408 g/mol. The molecule has 0 radical (unpaired) electrons. The first-order valence-electron chi connectivity index (χ1n) is 8.66. The average molecular weight is 425 g/mol. The quantitative estimate of drug-likeness (QED) is 0.687. The number of benzene rings is 2. The van der Waals surface area contributed by atoms with E-state index >= 15 is 0 Å². The standard InChI is InChI=1S/C20H16N4O3S2/c1-12-7-8-18(13(2)9-12)29(26,27)24-16-10-17(28-20-21-11-22-23-20)19(25)15-6-4-3-5-14(15)16/h3-11H,1-2H3,(H,21,22,23)/b24-16+. The van der Waals surface area contributed by atoms with E-state index in [1.54, 1.807) is 49.4 Å². The fraction of sp³-hybridized carbons (Fsp3) is 0.100. The number of aryl methyl sites for hydroxylation is 2. The second kappa shape index (κ2) is 7.41. The number of hydrogen-bond donors (Lipinski definition) is 1. The molecule has 0 atom stereocenters. The molecule has 0 amide bonds. The molecule has 1 aliphatic rings. The molecule has 1 heterocycles. The normalized spacial score (nSPS) is 15.3. The number of aromatic amines is 1. The fourth-order valence-corrected chi connectivity index (χ4v) is 5.06. The number of aromatic nitrogens is 3. The van der Waals surface area contributed by atoms with E-state index in [9.17, 15) is 13.2 Å². The Balaban J connectivity index is 1.85. The van der Waals surface area contributed by atoms with E-state index in [4.69, 9.17) is 0 Å². The van der Waals surface area contributed by atoms with Crippen molar-refractivity contribution in [1.29, 1.82) is 0 Å². The Bertz CT molecular complexity index is 1280. The predicted octanol–water partition coefficient (Wildman–Crippen LogP) is 3.47. The van der Waals surface area contributed by atoms with E-state index < -0.39 is 10.0 Å². The van der Waals surface area contributed by atoms with Gasteiger partial charge in [0.2, 0.25) is 5.78 Å². The van der Waals surface area contributed by atoms with Crippen molar-refractivity contribution in [2.75, 3.05) is 0 Å². The van der Waals surface area contributed by atoms with Gasteiger partial charge in [0.15, 0.2) is 5.16 Å². The Hall–Kier alpha value is -3.04. The molecule has 0 bridgehead atoms. The van der Waals surface area contributed by atoms with Crippen LogP contribution in [0.3, 0.4) is 0 Å². The smallest absolute Gasteiger partial charge is 0.283 e. The summed E-state index contributed by atoms with van der Waals surface area (Å²) in [6.07, 6.45) is 2.82. The summed E-state index contributed by atoms with van der Waals surface area (Å²) in [6, 6.07) is 11.9. The Morgan fingerprint density at radius 2 is 1.83 bits per heavy atom. The summed E-state index contributed by atoms with van der Waals surface area (Å²) in [5.74, 6) is -0.218. The largest absolute Gasteiger partial charge is 0.288 e. The number of H-pyrrole nitrogens is 1. The number of fused-ring (bicyclic) bond motifs is 1. The molecule has 1 N–H and O–H groups in total. The van der Waals surface area contributed by atoms with Crippen molar-refractivity contribution in [3.05, 3.63) is 82.0 Å². The molecule has 2 aromatic carbocycles. The van der Waals surface area contributed by atoms with Gasteiger partial charge in [0.1, 0.15) is 6.33 Å². The monoisotopic (exact) mass is 424 g/mol. The summed E-state index contributed by atoms with van der Waals surface area (Å²) in [5.41, 5.74) is 2.67. The Morgan fingerprint density at radius 3 is 2.52 bits per heavy atom. The summed E-state index contributed by atoms with van der Waals surface area (Å²) in [5, 5.41) is 6.88. The topological polar surface area (TPSA) is 105 Å². The number of allylic oxidation sites excluding steroid dienone is 2. The summed E-state index contributed by atoms with van der Waals surface area (Å²) in [7, 11) is -3.97.